The average molecular weight is 423 g/mol. The van der Waals surface area contributed by atoms with E-state index < -0.39 is 20.5 Å². The third kappa shape index (κ3) is 4.76. The molecule has 0 aliphatic heterocycles. The second kappa shape index (κ2) is 8.50. The van der Waals surface area contributed by atoms with Crippen molar-refractivity contribution >= 4 is 15.7 Å². The van der Waals surface area contributed by atoms with Crippen LogP contribution in [0.5, 0.6) is 5.75 Å². The van der Waals surface area contributed by atoms with Crippen LogP contribution in [0.3, 0.4) is 0 Å². The van der Waals surface area contributed by atoms with Crippen LogP contribution in [0.1, 0.15) is 55.8 Å². The molecular weight excluding hydrogens is 398 g/mol. The predicted octanol–water partition coefficient (Wildman–Crippen LogP) is 2.16. The standard InChI is InChI=1S/C19H25N3O6S/c1-19(18(23)21-24,29(2,25)26)11-10-13-6-8-15(9-7-13)27-12-16-20-17(22-28-16)14-4-3-5-14/h6-9,14,24H,3-5,10-12H2,1-2H3,(H,21,23). The number of carbonyl (C=O) groups excluding carboxylic acids is 1. The first-order valence-electron chi connectivity index (χ1n) is 9.41. The molecule has 29 heavy (non-hydrogen) atoms. The van der Waals surface area contributed by atoms with Crippen molar-refractivity contribution in [3.63, 3.8) is 0 Å². The lowest BCUT2D eigenvalue weighted by molar-refractivity contribution is -0.131. The van der Waals surface area contributed by atoms with Crippen LogP contribution in [0.15, 0.2) is 28.8 Å². The molecule has 3 rings (SSSR count). The Bertz CT molecular complexity index is 953. The van der Waals surface area contributed by atoms with Crippen LogP contribution >= 0.6 is 0 Å². The van der Waals surface area contributed by atoms with E-state index in [0.717, 1.165) is 30.5 Å². The van der Waals surface area contributed by atoms with Gasteiger partial charge in [-0.1, -0.05) is 23.7 Å². The van der Waals surface area contributed by atoms with Crippen LogP contribution in [0.2, 0.25) is 0 Å². The van der Waals surface area contributed by atoms with Crippen molar-refractivity contribution in [3.05, 3.63) is 41.5 Å². The highest BCUT2D eigenvalue weighted by Gasteiger charge is 2.43. The van der Waals surface area contributed by atoms with E-state index in [9.17, 15) is 13.2 Å². The van der Waals surface area contributed by atoms with E-state index in [1.54, 1.807) is 24.3 Å². The molecule has 1 aliphatic carbocycles. The summed E-state index contributed by atoms with van der Waals surface area (Å²) in [6.07, 6.45) is 4.74. The number of hydrogen-bond acceptors (Lipinski definition) is 8. The van der Waals surface area contributed by atoms with E-state index in [1.807, 2.05) is 0 Å². The second-order valence-electron chi connectivity index (χ2n) is 7.55. The smallest absolute Gasteiger partial charge is 0.264 e. The minimum Gasteiger partial charge on any atom is -0.484 e. The summed E-state index contributed by atoms with van der Waals surface area (Å²) < 4.78 is 33.2. The first-order chi connectivity index (χ1) is 13.7. The number of hydrogen-bond donors (Lipinski definition) is 2. The first-order valence-corrected chi connectivity index (χ1v) is 11.3. The molecular formula is C19H25N3O6S. The third-order valence-electron chi connectivity index (χ3n) is 5.53. The van der Waals surface area contributed by atoms with Crippen molar-refractivity contribution < 1.29 is 27.7 Å². The largest absolute Gasteiger partial charge is 0.484 e. The van der Waals surface area contributed by atoms with Crippen LogP contribution in [0, 0.1) is 0 Å². The third-order valence-corrected chi connectivity index (χ3v) is 7.56. The number of ether oxygens (including phenoxy) is 1. The van der Waals surface area contributed by atoms with Gasteiger partial charge in [-0.3, -0.25) is 10.0 Å². The van der Waals surface area contributed by atoms with Gasteiger partial charge in [0.25, 0.3) is 11.8 Å². The van der Waals surface area contributed by atoms with Gasteiger partial charge in [0.05, 0.1) is 0 Å². The molecule has 1 aromatic carbocycles. The molecule has 1 unspecified atom stereocenters. The minimum absolute atomic E-state index is 0.0321. The van der Waals surface area contributed by atoms with E-state index >= 15 is 0 Å². The van der Waals surface area contributed by atoms with Gasteiger partial charge in [0.15, 0.2) is 22.3 Å². The van der Waals surface area contributed by atoms with Crippen LogP contribution in [0.25, 0.3) is 0 Å². The fourth-order valence-corrected chi connectivity index (χ4v) is 3.88. The van der Waals surface area contributed by atoms with E-state index in [4.69, 9.17) is 14.5 Å². The lowest BCUT2D eigenvalue weighted by atomic mass is 9.85. The average Bonchev–Trinajstić information content (AvgIpc) is 3.10. The van der Waals surface area contributed by atoms with Crippen molar-refractivity contribution in [2.45, 2.75) is 56.3 Å². The number of nitrogens with zero attached hydrogens (tertiary/aromatic N) is 2. The quantitative estimate of drug-likeness (QED) is 0.463. The highest BCUT2D eigenvalue weighted by molar-refractivity contribution is 7.92. The molecule has 1 fully saturated rings. The molecule has 0 saturated heterocycles. The number of amides is 1. The summed E-state index contributed by atoms with van der Waals surface area (Å²) in [4.78, 5) is 16.2. The van der Waals surface area contributed by atoms with E-state index in [2.05, 4.69) is 10.1 Å². The lowest BCUT2D eigenvalue weighted by Crippen LogP contribution is -2.49. The Balaban J connectivity index is 1.55. The second-order valence-corrected chi connectivity index (χ2v) is 10.00. The molecule has 0 spiro atoms. The number of benzene rings is 1. The molecule has 0 radical (unpaired) electrons. The fourth-order valence-electron chi connectivity index (χ4n) is 3.02. The Morgan fingerprint density at radius 3 is 2.59 bits per heavy atom. The number of aryl methyl sites for hydroxylation is 1. The summed E-state index contributed by atoms with van der Waals surface area (Å²) in [5.41, 5.74) is 2.28. The van der Waals surface area contributed by atoms with Gasteiger partial charge < -0.3 is 9.26 Å². The topological polar surface area (TPSA) is 132 Å². The summed E-state index contributed by atoms with van der Waals surface area (Å²) in [5, 5.41) is 12.9. The number of sulfone groups is 1. The van der Waals surface area contributed by atoms with Crippen molar-refractivity contribution in [1.82, 2.24) is 15.6 Å². The first kappa shape index (κ1) is 21.3. The maximum atomic E-state index is 12.0. The van der Waals surface area contributed by atoms with Crippen LogP contribution < -0.4 is 10.2 Å². The molecule has 158 valence electrons. The van der Waals surface area contributed by atoms with Gasteiger partial charge in [0.2, 0.25) is 0 Å². The van der Waals surface area contributed by atoms with E-state index in [-0.39, 0.29) is 13.0 Å². The Morgan fingerprint density at radius 1 is 1.34 bits per heavy atom. The number of nitrogens with one attached hydrogen (secondary N) is 1. The molecule has 1 aromatic heterocycles. The van der Waals surface area contributed by atoms with Crippen LogP contribution in [0.4, 0.5) is 0 Å². The number of aromatic nitrogens is 2. The normalized spacial score (nSPS) is 16.7. The van der Waals surface area contributed by atoms with E-state index in [1.165, 1.54) is 18.8 Å². The van der Waals surface area contributed by atoms with Crippen LogP contribution in [-0.2, 0) is 27.7 Å². The van der Waals surface area contributed by atoms with Gasteiger partial charge in [-0.2, -0.15) is 4.98 Å². The van der Waals surface area contributed by atoms with Gasteiger partial charge >= 0.3 is 0 Å². The monoisotopic (exact) mass is 423 g/mol. The zero-order chi connectivity index (χ0) is 21.1. The molecule has 2 N–H and O–H groups in total. The SMILES string of the molecule is CC(CCc1ccc(OCc2nc(C3CCC3)no2)cc1)(C(=O)NO)S(C)(=O)=O. The molecule has 1 aliphatic rings. The highest BCUT2D eigenvalue weighted by Crippen LogP contribution is 2.34. The summed E-state index contributed by atoms with van der Waals surface area (Å²) >= 11 is 0. The molecule has 1 amide bonds. The molecule has 10 heteroatoms. The highest BCUT2D eigenvalue weighted by atomic mass is 32.2. The molecule has 1 heterocycles. The van der Waals surface area contributed by atoms with Crippen LogP contribution in [-0.4, -0.2) is 40.7 Å². The Hall–Kier alpha value is -2.46. The lowest BCUT2D eigenvalue weighted by Gasteiger charge is -2.25. The van der Waals surface area contributed by atoms with Crippen molar-refractivity contribution in [3.8, 4) is 5.75 Å². The number of hydroxylamine groups is 1. The fraction of sp³-hybridized carbons (Fsp3) is 0.526. The Morgan fingerprint density at radius 2 is 2.03 bits per heavy atom. The number of carbonyl (C=O) groups is 1. The minimum atomic E-state index is -3.72. The maximum Gasteiger partial charge on any atom is 0.264 e. The summed E-state index contributed by atoms with van der Waals surface area (Å²) in [6.45, 7) is 1.47. The molecule has 0 bridgehead atoms. The molecule has 9 nitrogen and oxygen atoms in total. The van der Waals surface area contributed by atoms with Gasteiger partial charge in [-0.15, -0.1) is 0 Å². The number of rotatable bonds is 9. The zero-order valence-corrected chi connectivity index (χ0v) is 17.2. The van der Waals surface area contributed by atoms with Gasteiger partial charge in [0.1, 0.15) is 10.5 Å². The Kier molecular flexibility index (Phi) is 6.23. The zero-order valence-electron chi connectivity index (χ0n) is 16.4. The molecule has 1 atom stereocenters. The van der Waals surface area contributed by atoms with Gasteiger partial charge in [-0.25, -0.2) is 13.9 Å². The van der Waals surface area contributed by atoms with Crippen molar-refractivity contribution in [2.75, 3.05) is 6.26 Å². The predicted molar refractivity (Wildman–Crippen MR) is 103 cm³/mol. The van der Waals surface area contributed by atoms with Gasteiger partial charge in [0, 0.05) is 12.2 Å². The maximum absolute atomic E-state index is 12.0. The molecule has 1 saturated carbocycles. The van der Waals surface area contributed by atoms with Gasteiger partial charge in [-0.05, 0) is 50.3 Å². The summed E-state index contributed by atoms with van der Waals surface area (Å²) in [6, 6.07) is 7.09. The summed E-state index contributed by atoms with van der Waals surface area (Å²) in [5.74, 6) is 1.23. The summed E-state index contributed by atoms with van der Waals surface area (Å²) in [7, 11) is -3.72. The molecule has 2 aromatic rings. The van der Waals surface area contributed by atoms with E-state index in [0.29, 0.717) is 24.0 Å². The Labute approximate surface area is 169 Å². The van der Waals surface area contributed by atoms with Crippen molar-refractivity contribution in [2.24, 2.45) is 0 Å². The van der Waals surface area contributed by atoms with Crippen molar-refractivity contribution in [1.29, 1.82) is 0 Å².